The van der Waals surface area contributed by atoms with Crippen LogP contribution in [-0.4, -0.2) is 52.9 Å². The number of fused-ring (bicyclic) bond motifs is 1. The van der Waals surface area contributed by atoms with Crippen LogP contribution < -0.4 is 14.5 Å². The largest absolute Gasteiger partial charge is 0.573 e. The summed E-state index contributed by atoms with van der Waals surface area (Å²) in [5.74, 6) is -0.174. The molecule has 0 saturated carbocycles. The van der Waals surface area contributed by atoms with Gasteiger partial charge in [-0.1, -0.05) is 19.1 Å². The molecular formula is C29H30F3N5O2. The van der Waals surface area contributed by atoms with Crippen molar-refractivity contribution >= 4 is 22.8 Å². The third-order valence-electron chi connectivity index (χ3n) is 7.22. The number of ketones is 1. The van der Waals surface area contributed by atoms with Gasteiger partial charge in [0, 0.05) is 49.8 Å². The Morgan fingerprint density at radius 3 is 2.41 bits per heavy atom. The highest BCUT2D eigenvalue weighted by atomic mass is 19.4. The van der Waals surface area contributed by atoms with Crippen LogP contribution in [0.15, 0.2) is 60.8 Å². The third kappa shape index (κ3) is 5.69. The van der Waals surface area contributed by atoms with Gasteiger partial charge in [0.05, 0.1) is 17.3 Å². The van der Waals surface area contributed by atoms with Gasteiger partial charge in [-0.2, -0.15) is 5.10 Å². The number of hydrogen-bond acceptors (Lipinski definition) is 6. The summed E-state index contributed by atoms with van der Waals surface area (Å²) in [4.78, 5) is 21.9. The van der Waals surface area contributed by atoms with Crippen molar-refractivity contribution in [2.75, 3.05) is 29.9 Å². The number of benzene rings is 2. The summed E-state index contributed by atoms with van der Waals surface area (Å²) in [7, 11) is 2.03. The van der Waals surface area contributed by atoms with Crippen LogP contribution in [0.25, 0.3) is 5.65 Å². The van der Waals surface area contributed by atoms with Crippen molar-refractivity contribution in [1.29, 1.82) is 0 Å². The van der Waals surface area contributed by atoms with Crippen molar-refractivity contribution in [1.82, 2.24) is 14.6 Å². The number of alkyl halides is 3. The molecule has 0 spiro atoms. The zero-order chi connectivity index (χ0) is 27.7. The third-order valence-corrected chi connectivity index (χ3v) is 7.22. The summed E-state index contributed by atoms with van der Waals surface area (Å²) in [6.45, 7) is 5.47. The van der Waals surface area contributed by atoms with Crippen LogP contribution in [0.1, 0.15) is 40.7 Å². The van der Waals surface area contributed by atoms with Crippen molar-refractivity contribution in [2.24, 2.45) is 0 Å². The van der Waals surface area contributed by atoms with E-state index in [1.54, 1.807) is 22.8 Å². The number of hydrogen-bond donors (Lipinski definition) is 0. The Bertz CT molecular complexity index is 1460. The number of halogens is 3. The van der Waals surface area contributed by atoms with E-state index in [9.17, 15) is 18.0 Å². The van der Waals surface area contributed by atoms with E-state index < -0.39 is 6.36 Å². The Hall–Kier alpha value is -4.08. The number of rotatable bonds is 9. The van der Waals surface area contributed by atoms with E-state index in [0.29, 0.717) is 30.5 Å². The molecule has 0 bridgehead atoms. The fraction of sp³-hybridized carbons (Fsp3) is 0.345. The van der Waals surface area contributed by atoms with Gasteiger partial charge < -0.3 is 14.5 Å². The van der Waals surface area contributed by atoms with Crippen molar-refractivity contribution in [3.63, 3.8) is 0 Å². The number of nitrogens with zero attached hydrogens (tertiary/aromatic N) is 5. The Morgan fingerprint density at radius 2 is 1.77 bits per heavy atom. The van der Waals surface area contributed by atoms with Crippen LogP contribution in [0.5, 0.6) is 5.75 Å². The normalized spacial score (nSPS) is 13.9. The van der Waals surface area contributed by atoms with Crippen LogP contribution in [0.4, 0.5) is 24.5 Å². The maximum Gasteiger partial charge on any atom is 0.573 e. The van der Waals surface area contributed by atoms with Crippen LogP contribution in [0, 0.1) is 6.92 Å². The number of anilines is 2. The monoisotopic (exact) mass is 537 g/mol. The number of likely N-dealkylation sites (N-methyl/N-ethyl adjacent to an activating group) is 1. The number of Topliss-reactive ketones (excluding diaryl/α,β-unsaturated/α-hetero) is 1. The molecule has 0 unspecified atom stereocenters. The van der Waals surface area contributed by atoms with Crippen molar-refractivity contribution in [3.05, 3.63) is 83.3 Å². The van der Waals surface area contributed by atoms with E-state index in [0.717, 1.165) is 41.4 Å². The van der Waals surface area contributed by atoms with Crippen molar-refractivity contribution in [2.45, 2.75) is 45.5 Å². The van der Waals surface area contributed by atoms with E-state index in [4.69, 9.17) is 0 Å². The van der Waals surface area contributed by atoms with Gasteiger partial charge in [-0.15, -0.1) is 13.2 Å². The Balaban J connectivity index is 1.15. The lowest BCUT2D eigenvalue weighted by molar-refractivity contribution is -0.274. The first-order valence-corrected chi connectivity index (χ1v) is 12.9. The van der Waals surface area contributed by atoms with Gasteiger partial charge >= 0.3 is 6.36 Å². The average Bonchev–Trinajstić information content (AvgIpc) is 3.27. The smallest absolute Gasteiger partial charge is 0.406 e. The molecule has 5 rings (SSSR count). The minimum atomic E-state index is -4.69. The minimum Gasteiger partial charge on any atom is -0.406 e. The molecule has 0 amide bonds. The molecule has 2 aromatic heterocycles. The summed E-state index contributed by atoms with van der Waals surface area (Å²) >= 11 is 0. The molecular weight excluding hydrogens is 507 g/mol. The molecule has 3 heterocycles. The van der Waals surface area contributed by atoms with Gasteiger partial charge in [0.25, 0.3) is 0 Å². The zero-order valence-corrected chi connectivity index (χ0v) is 22.1. The fourth-order valence-corrected chi connectivity index (χ4v) is 4.90. The molecule has 0 N–H and O–H groups in total. The topological polar surface area (TPSA) is 63.0 Å². The molecule has 2 aromatic carbocycles. The number of aromatic nitrogens is 3. The zero-order valence-electron chi connectivity index (χ0n) is 22.1. The summed E-state index contributed by atoms with van der Waals surface area (Å²) in [6, 6.07) is 16.3. The van der Waals surface area contributed by atoms with Crippen LogP contribution >= 0.6 is 0 Å². The lowest BCUT2D eigenvalue weighted by Crippen LogP contribution is -2.58. The molecule has 4 aromatic rings. The summed E-state index contributed by atoms with van der Waals surface area (Å²) in [5.41, 5.74) is 5.96. The Kier molecular flexibility index (Phi) is 7.20. The van der Waals surface area contributed by atoms with E-state index in [1.807, 2.05) is 39.1 Å². The van der Waals surface area contributed by atoms with Gasteiger partial charge in [0.1, 0.15) is 5.75 Å². The van der Waals surface area contributed by atoms with Crippen LogP contribution in [0.2, 0.25) is 0 Å². The number of carbonyl (C=O) groups excluding carboxylic acids is 1. The highest BCUT2D eigenvalue weighted by molar-refractivity contribution is 6.02. The predicted molar refractivity (Wildman–Crippen MR) is 144 cm³/mol. The van der Waals surface area contributed by atoms with Gasteiger partial charge in [-0.05, 0) is 67.8 Å². The summed E-state index contributed by atoms with van der Waals surface area (Å²) in [5, 5.41) is 4.59. The first-order valence-electron chi connectivity index (χ1n) is 12.9. The standard InChI is InChI=1S/C29H30F3N5O2/c1-4-25-27(28-33-16-15-19(2)37(28)34-25)26(38)14-7-20-5-8-21(9-6-20)35(3)23-17-36(18-23)22-10-12-24(13-11-22)39-29(30,31)32/h5-6,8-13,15-16,23H,4,7,14,17-18H2,1-3H3. The molecule has 1 fully saturated rings. The van der Waals surface area contributed by atoms with Gasteiger partial charge in [0.15, 0.2) is 11.4 Å². The second-order valence-corrected chi connectivity index (χ2v) is 9.80. The molecule has 7 nitrogen and oxygen atoms in total. The van der Waals surface area contributed by atoms with E-state index in [2.05, 4.69) is 36.8 Å². The highest BCUT2D eigenvalue weighted by Crippen LogP contribution is 2.30. The van der Waals surface area contributed by atoms with Gasteiger partial charge in [-0.3, -0.25) is 4.79 Å². The summed E-state index contributed by atoms with van der Waals surface area (Å²) < 4.78 is 42.8. The van der Waals surface area contributed by atoms with E-state index in [1.165, 1.54) is 12.1 Å². The molecule has 0 atom stereocenters. The lowest BCUT2D eigenvalue weighted by atomic mass is 10.0. The average molecular weight is 538 g/mol. The van der Waals surface area contributed by atoms with Crippen LogP contribution in [0.3, 0.4) is 0 Å². The summed E-state index contributed by atoms with van der Waals surface area (Å²) in [6.07, 6.45) is -1.31. The fourth-order valence-electron chi connectivity index (χ4n) is 4.90. The second kappa shape index (κ2) is 10.6. The molecule has 10 heteroatoms. The lowest BCUT2D eigenvalue weighted by Gasteiger charge is -2.46. The van der Waals surface area contributed by atoms with E-state index in [-0.39, 0.29) is 17.6 Å². The Morgan fingerprint density at radius 1 is 1.08 bits per heavy atom. The first kappa shape index (κ1) is 26.5. The highest BCUT2D eigenvalue weighted by Gasteiger charge is 2.32. The molecule has 0 radical (unpaired) electrons. The number of carbonyl (C=O) groups is 1. The first-order chi connectivity index (χ1) is 18.6. The molecule has 1 aliphatic heterocycles. The second-order valence-electron chi connectivity index (χ2n) is 9.80. The maximum atomic E-state index is 13.2. The van der Waals surface area contributed by atoms with Gasteiger partial charge in [0.2, 0.25) is 0 Å². The molecule has 1 saturated heterocycles. The Labute approximate surface area is 224 Å². The maximum absolute atomic E-state index is 13.2. The number of ether oxygens (including phenoxy) is 1. The quantitative estimate of drug-likeness (QED) is 0.258. The molecule has 1 aliphatic rings. The SMILES string of the molecule is CCc1nn2c(C)ccnc2c1C(=O)CCc1ccc(N(C)C2CN(c3ccc(OC(F)(F)F)cc3)C2)cc1. The molecule has 39 heavy (non-hydrogen) atoms. The van der Waals surface area contributed by atoms with Crippen molar-refractivity contribution in [3.8, 4) is 5.75 Å². The minimum absolute atomic E-state index is 0.0497. The van der Waals surface area contributed by atoms with E-state index >= 15 is 0 Å². The number of aryl methyl sites for hydroxylation is 3. The molecule has 0 aliphatic carbocycles. The molecule has 204 valence electrons. The van der Waals surface area contributed by atoms with Gasteiger partial charge in [-0.25, -0.2) is 9.50 Å². The predicted octanol–water partition coefficient (Wildman–Crippen LogP) is 5.64. The van der Waals surface area contributed by atoms with Crippen LogP contribution in [-0.2, 0) is 12.8 Å². The van der Waals surface area contributed by atoms with Crippen molar-refractivity contribution < 1.29 is 22.7 Å².